The van der Waals surface area contributed by atoms with E-state index in [1.54, 1.807) is 31.4 Å². The zero-order chi connectivity index (χ0) is 17.5. The van der Waals surface area contributed by atoms with Crippen LogP contribution in [-0.4, -0.2) is 24.2 Å². The number of amides is 2. The molecule has 0 aliphatic carbocycles. The third-order valence-electron chi connectivity index (χ3n) is 3.45. The molecule has 24 heavy (non-hydrogen) atoms. The number of rotatable bonds is 7. The Bertz CT molecular complexity index is 699. The lowest BCUT2D eigenvalue weighted by atomic mass is 10.1. The molecule has 0 fully saturated rings. The number of primary amides is 1. The quantitative estimate of drug-likeness (QED) is 0.757. The average Bonchev–Trinajstić information content (AvgIpc) is 2.60. The van der Waals surface area contributed by atoms with Crippen molar-refractivity contribution in [3.05, 3.63) is 59.7 Å². The first-order valence-electron chi connectivity index (χ1n) is 7.46. The summed E-state index contributed by atoms with van der Waals surface area (Å²) in [7, 11) is 1.62. The van der Waals surface area contributed by atoms with E-state index in [0.717, 1.165) is 16.2 Å². The molecule has 3 N–H and O–H groups in total. The molecule has 0 unspecified atom stereocenters. The first-order chi connectivity index (χ1) is 11.5. The molecular formula is C18H20N2O3S. The van der Waals surface area contributed by atoms with Crippen LogP contribution >= 0.6 is 11.8 Å². The van der Waals surface area contributed by atoms with Gasteiger partial charge in [0.25, 0.3) is 0 Å². The summed E-state index contributed by atoms with van der Waals surface area (Å²) < 4.78 is 5.11. The molecule has 0 aliphatic rings. The SMILES string of the molecule is COc1ccc(S[C@H](C)C(=O)NCc2ccc(C(N)=O)cc2)cc1. The first kappa shape index (κ1) is 17.9. The summed E-state index contributed by atoms with van der Waals surface area (Å²) in [6, 6.07) is 14.5. The van der Waals surface area contributed by atoms with Crippen LogP contribution in [0.4, 0.5) is 0 Å². The zero-order valence-corrected chi connectivity index (χ0v) is 14.4. The van der Waals surface area contributed by atoms with Crippen LogP contribution in [0.15, 0.2) is 53.4 Å². The number of ether oxygens (including phenoxy) is 1. The highest BCUT2D eigenvalue weighted by atomic mass is 32.2. The van der Waals surface area contributed by atoms with Crippen molar-refractivity contribution in [3.63, 3.8) is 0 Å². The summed E-state index contributed by atoms with van der Waals surface area (Å²) in [6.07, 6.45) is 0. The topological polar surface area (TPSA) is 81.4 Å². The average molecular weight is 344 g/mol. The van der Waals surface area contributed by atoms with E-state index in [-0.39, 0.29) is 11.2 Å². The van der Waals surface area contributed by atoms with Crippen molar-refractivity contribution in [2.24, 2.45) is 5.73 Å². The fraction of sp³-hybridized carbons (Fsp3) is 0.222. The fourth-order valence-electron chi connectivity index (χ4n) is 2.03. The van der Waals surface area contributed by atoms with Gasteiger partial charge in [0.2, 0.25) is 11.8 Å². The van der Waals surface area contributed by atoms with Crippen molar-refractivity contribution in [2.45, 2.75) is 23.6 Å². The Morgan fingerprint density at radius 2 is 1.75 bits per heavy atom. The van der Waals surface area contributed by atoms with Crippen molar-refractivity contribution in [1.29, 1.82) is 0 Å². The number of hydrogen-bond acceptors (Lipinski definition) is 4. The van der Waals surface area contributed by atoms with Gasteiger partial charge in [0.15, 0.2) is 0 Å². The van der Waals surface area contributed by atoms with E-state index in [9.17, 15) is 9.59 Å². The number of nitrogens with one attached hydrogen (secondary N) is 1. The van der Waals surface area contributed by atoms with Crippen LogP contribution in [0.2, 0.25) is 0 Å². The van der Waals surface area contributed by atoms with Gasteiger partial charge in [-0.05, 0) is 48.9 Å². The van der Waals surface area contributed by atoms with Crippen molar-refractivity contribution >= 4 is 23.6 Å². The van der Waals surface area contributed by atoms with Gasteiger partial charge in [-0.2, -0.15) is 0 Å². The Hall–Kier alpha value is -2.47. The van der Waals surface area contributed by atoms with Crippen molar-refractivity contribution in [3.8, 4) is 5.75 Å². The van der Waals surface area contributed by atoms with E-state index < -0.39 is 5.91 Å². The van der Waals surface area contributed by atoms with Gasteiger partial charge in [-0.1, -0.05) is 12.1 Å². The lowest BCUT2D eigenvalue weighted by Gasteiger charge is -2.12. The number of hydrogen-bond donors (Lipinski definition) is 2. The summed E-state index contributed by atoms with van der Waals surface area (Å²) in [4.78, 5) is 24.2. The van der Waals surface area contributed by atoms with Gasteiger partial charge >= 0.3 is 0 Å². The molecule has 0 bridgehead atoms. The number of nitrogens with two attached hydrogens (primary N) is 1. The monoisotopic (exact) mass is 344 g/mol. The minimum atomic E-state index is -0.463. The summed E-state index contributed by atoms with van der Waals surface area (Å²) in [5.41, 5.74) is 6.56. The number of thioether (sulfide) groups is 1. The van der Waals surface area contributed by atoms with Gasteiger partial charge in [-0.3, -0.25) is 9.59 Å². The lowest BCUT2D eigenvalue weighted by Crippen LogP contribution is -2.30. The van der Waals surface area contributed by atoms with Crippen LogP contribution in [0.3, 0.4) is 0 Å². The second-order valence-corrected chi connectivity index (χ2v) is 6.63. The Morgan fingerprint density at radius 3 is 2.29 bits per heavy atom. The van der Waals surface area contributed by atoms with Crippen LogP contribution in [-0.2, 0) is 11.3 Å². The van der Waals surface area contributed by atoms with Crippen LogP contribution in [0.1, 0.15) is 22.8 Å². The standard InChI is InChI=1S/C18H20N2O3S/c1-12(24-16-9-7-15(23-2)8-10-16)18(22)20-11-13-3-5-14(6-4-13)17(19)21/h3-10,12H,11H2,1-2H3,(H2,19,21)(H,20,22)/t12-/m1/s1. The van der Waals surface area contributed by atoms with Crippen molar-refractivity contribution < 1.29 is 14.3 Å². The highest BCUT2D eigenvalue weighted by Crippen LogP contribution is 2.25. The second-order valence-electron chi connectivity index (χ2n) is 5.21. The third kappa shape index (κ3) is 5.03. The largest absolute Gasteiger partial charge is 0.497 e. The van der Waals surface area contributed by atoms with Gasteiger partial charge in [0, 0.05) is 17.0 Å². The summed E-state index contributed by atoms with van der Waals surface area (Å²) in [6.45, 7) is 2.27. The van der Waals surface area contributed by atoms with Gasteiger partial charge in [0.05, 0.1) is 12.4 Å². The molecule has 0 saturated heterocycles. The van der Waals surface area contributed by atoms with Gasteiger partial charge in [0.1, 0.15) is 5.75 Å². The Morgan fingerprint density at radius 1 is 1.12 bits per heavy atom. The Balaban J connectivity index is 1.85. The Labute approximate surface area is 145 Å². The highest BCUT2D eigenvalue weighted by Gasteiger charge is 2.14. The maximum atomic E-state index is 12.2. The molecule has 2 aromatic rings. The Kier molecular flexibility index (Phi) is 6.26. The van der Waals surface area contributed by atoms with Gasteiger partial charge in [-0.15, -0.1) is 11.8 Å². The third-order valence-corrected chi connectivity index (χ3v) is 4.56. The van der Waals surface area contributed by atoms with E-state index in [1.807, 2.05) is 31.2 Å². The summed E-state index contributed by atoms with van der Waals surface area (Å²) >= 11 is 1.48. The van der Waals surface area contributed by atoms with E-state index in [0.29, 0.717) is 12.1 Å². The molecule has 0 aromatic heterocycles. The molecule has 0 spiro atoms. The van der Waals surface area contributed by atoms with Crippen LogP contribution in [0, 0.1) is 0 Å². The zero-order valence-electron chi connectivity index (χ0n) is 13.6. The number of methoxy groups -OCH3 is 1. The number of carbonyl (C=O) groups excluding carboxylic acids is 2. The molecule has 5 nitrogen and oxygen atoms in total. The normalized spacial score (nSPS) is 11.6. The van der Waals surface area contributed by atoms with E-state index >= 15 is 0 Å². The molecule has 0 radical (unpaired) electrons. The van der Waals surface area contributed by atoms with Crippen LogP contribution in [0.5, 0.6) is 5.75 Å². The van der Waals surface area contributed by atoms with Gasteiger partial charge in [-0.25, -0.2) is 0 Å². The smallest absolute Gasteiger partial charge is 0.248 e. The molecule has 126 valence electrons. The van der Waals surface area contributed by atoms with E-state index in [1.165, 1.54) is 11.8 Å². The number of carbonyl (C=O) groups is 2. The van der Waals surface area contributed by atoms with Gasteiger partial charge < -0.3 is 15.8 Å². The molecule has 0 heterocycles. The predicted molar refractivity (Wildman–Crippen MR) is 95.1 cm³/mol. The molecule has 6 heteroatoms. The molecular weight excluding hydrogens is 324 g/mol. The van der Waals surface area contributed by atoms with E-state index in [4.69, 9.17) is 10.5 Å². The van der Waals surface area contributed by atoms with E-state index in [2.05, 4.69) is 5.32 Å². The highest BCUT2D eigenvalue weighted by molar-refractivity contribution is 8.00. The molecule has 1 atom stereocenters. The minimum Gasteiger partial charge on any atom is -0.497 e. The summed E-state index contributed by atoms with van der Waals surface area (Å²) in [5.74, 6) is 0.278. The number of benzene rings is 2. The molecule has 0 aliphatic heterocycles. The maximum Gasteiger partial charge on any atom is 0.248 e. The van der Waals surface area contributed by atoms with Crippen molar-refractivity contribution in [2.75, 3.05) is 7.11 Å². The molecule has 0 saturated carbocycles. The molecule has 2 aromatic carbocycles. The fourth-order valence-corrected chi connectivity index (χ4v) is 2.92. The molecule has 2 rings (SSSR count). The minimum absolute atomic E-state index is 0.0465. The predicted octanol–water partition coefficient (Wildman–Crippen LogP) is 2.59. The lowest BCUT2D eigenvalue weighted by molar-refractivity contribution is -0.120. The van der Waals surface area contributed by atoms with Crippen molar-refractivity contribution in [1.82, 2.24) is 5.32 Å². The van der Waals surface area contributed by atoms with Crippen LogP contribution in [0.25, 0.3) is 0 Å². The maximum absolute atomic E-state index is 12.2. The summed E-state index contributed by atoms with van der Waals surface area (Å²) in [5, 5.41) is 2.67. The first-order valence-corrected chi connectivity index (χ1v) is 8.34. The van der Waals surface area contributed by atoms with Crippen LogP contribution < -0.4 is 15.8 Å². The molecule has 2 amide bonds. The second kappa shape index (κ2) is 8.40.